The molecular weight excluding hydrogens is 447 g/mol. The van der Waals surface area contributed by atoms with E-state index in [4.69, 9.17) is 13.5 Å². The third-order valence-corrected chi connectivity index (χ3v) is 6.53. The Labute approximate surface area is 191 Å². The minimum absolute atomic E-state index is 0.0188. The second kappa shape index (κ2) is 10.7. The van der Waals surface area contributed by atoms with E-state index in [0.717, 1.165) is 10.9 Å². The number of ether oxygens (including phenoxy) is 1. The zero-order valence-corrected chi connectivity index (χ0v) is 19.8. The minimum Gasteiger partial charge on any atom is -0.468 e. The van der Waals surface area contributed by atoms with Gasteiger partial charge < -0.3 is 18.6 Å². The first-order valence-electron chi connectivity index (χ1n) is 10.3. The number of rotatable bonds is 10. The maximum atomic E-state index is 13.4. The predicted molar refractivity (Wildman–Crippen MR) is 126 cm³/mol. The SMILES string of the molecule is COC(=O)C(C)NP(=O)(OCCN(C)c1cc(=O)oc2cc(C)ccc12)Oc1ccccc1. The van der Waals surface area contributed by atoms with Gasteiger partial charge in [0.2, 0.25) is 0 Å². The number of carbonyl (C=O) groups excluding carboxylic acids is 1. The van der Waals surface area contributed by atoms with Crippen LogP contribution in [0.5, 0.6) is 5.75 Å². The van der Waals surface area contributed by atoms with Gasteiger partial charge in [-0.05, 0) is 43.7 Å². The summed E-state index contributed by atoms with van der Waals surface area (Å²) in [6.07, 6.45) is 0. The lowest BCUT2D eigenvalue weighted by Crippen LogP contribution is -2.35. The van der Waals surface area contributed by atoms with Crippen molar-refractivity contribution in [2.45, 2.75) is 19.9 Å². The number of hydrogen-bond acceptors (Lipinski definition) is 8. The largest absolute Gasteiger partial charge is 0.468 e. The second-order valence-electron chi connectivity index (χ2n) is 7.48. The lowest BCUT2D eigenvalue weighted by atomic mass is 10.1. The van der Waals surface area contributed by atoms with E-state index in [0.29, 0.717) is 17.0 Å². The molecule has 0 saturated carbocycles. The fourth-order valence-corrected chi connectivity index (χ4v) is 4.64. The molecular formula is C23H27N2O7P. The number of esters is 1. The van der Waals surface area contributed by atoms with E-state index in [1.54, 1.807) is 48.3 Å². The van der Waals surface area contributed by atoms with Crippen LogP contribution < -0.4 is 20.1 Å². The van der Waals surface area contributed by atoms with Crippen LogP contribution >= 0.6 is 7.75 Å². The van der Waals surface area contributed by atoms with Gasteiger partial charge >= 0.3 is 19.3 Å². The molecule has 2 atom stereocenters. The van der Waals surface area contributed by atoms with Crippen LogP contribution in [0.3, 0.4) is 0 Å². The molecule has 0 radical (unpaired) electrons. The number of likely N-dealkylation sites (N-methyl/N-ethyl adjacent to an activating group) is 1. The Morgan fingerprint density at radius 2 is 1.91 bits per heavy atom. The minimum atomic E-state index is -3.93. The second-order valence-corrected chi connectivity index (χ2v) is 9.17. The predicted octanol–water partition coefficient (Wildman–Crippen LogP) is 3.89. The first-order chi connectivity index (χ1) is 15.7. The Hall–Kier alpha value is -3.13. The van der Waals surface area contributed by atoms with Crippen LogP contribution in [-0.2, 0) is 18.6 Å². The van der Waals surface area contributed by atoms with Gasteiger partial charge in [0.05, 0.1) is 19.4 Å². The summed E-state index contributed by atoms with van der Waals surface area (Å²) < 4.78 is 34.6. The number of para-hydroxylation sites is 1. The van der Waals surface area contributed by atoms with E-state index >= 15 is 0 Å². The van der Waals surface area contributed by atoms with E-state index in [-0.39, 0.29) is 13.2 Å². The molecule has 0 aliphatic heterocycles. The van der Waals surface area contributed by atoms with Crippen molar-refractivity contribution in [1.82, 2.24) is 5.09 Å². The van der Waals surface area contributed by atoms with Crippen LogP contribution in [0, 0.1) is 6.92 Å². The number of aryl methyl sites for hydroxylation is 1. The number of nitrogens with one attached hydrogen (secondary N) is 1. The molecule has 0 bridgehead atoms. The standard InChI is InChI=1S/C23H27N2O7P/c1-16-10-11-19-20(15-22(26)31-21(19)14-16)25(3)12-13-30-33(28,24-17(2)23(27)29-4)32-18-8-6-5-7-9-18/h5-11,14-15,17H,12-13H2,1-4H3,(H,24,28). The van der Waals surface area contributed by atoms with Gasteiger partial charge in [-0.2, -0.15) is 5.09 Å². The highest BCUT2D eigenvalue weighted by atomic mass is 31.2. The zero-order chi connectivity index (χ0) is 24.0. The maximum Gasteiger partial charge on any atom is 0.459 e. The van der Waals surface area contributed by atoms with Gasteiger partial charge in [-0.1, -0.05) is 24.3 Å². The maximum absolute atomic E-state index is 13.4. The molecule has 0 amide bonds. The highest BCUT2D eigenvalue weighted by Gasteiger charge is 2.32. The molecule has 0 spiro atoms. The summed E-state index contributed by atoms with van der Waals surface area (Å²) in [5.74, 6) is -0.286. The summed E-state index contributed by atoms with van der Waals surface area (Å²) in [6.45, 7) is 3.67. The molecule has 1 aromatic heterocycles. The van der Waals surface area contributed by atoms with Crippen molar-refractivity contribution in [1.29, 1.82) is 0 Å². The Bertz CT molecular complexity index is 1210. The van der Waals surface area contributed by atoms with Gasteiger partial charge in [0.25, 0.3) is 0 Å². The van der Waals surface area contributed by atoms with Crippen molar-refractivity contribution < 1.29 is 27.6 Å². The van der Waals surface area contributed by atoms with Gasteiger partial charge in [-0.25, -0.2) is 9.36 Å². The van der Waals surface area contributed by atoms with Gasteiger partial charge in [0.1, 0.15) is 17.4 Å². The Kier molecular flexibility index (Phi) is 7.92. The van der Waals surface area contributed by atoms with Crippen molar-refractivity contribution >= 4 is 30.4 Å². The Morgan fingerprint density at radius 1 is 1.18 bits per heavy atom. The molecule has 33 heavy (non-hydrogen) atoms. The van der Waals surface area contributed by atoms with Gasteiger partial charge in [0.15, 0.2) is 0 Å². The molecule has 0 aliphatic rings. The molecule has 9 nitrogen and oxygen atoms in total. The summed E-state index contributed by atoms with van der Waals surface area (Å²) in [5.41, 5.74) is 1.64. The fourth-order valence-electron chi connectivity index (χ4n) is 3.16. The molecule has 0 fully saturated rings. The Balaban J connectivity index is 1.75. The smallest absolute Gasteiger partial charge is 0.459 e. The molecule has 176 valence electrons. The van der Waals surface area contributed by atoms with Crippen LogP contribution in [0.25, 0.3) is 11.0 Å². The van der Waals surface area contributed by atoms with Crippen LogP contribution in [0.2, 0.25) is 0 Å². The molecule has 2 aromatic carbocycles. The topological polar surface area (TPSA) is 107 Å². The lowest BCUT2D eigenvalue weighted by Gasteiger charge is -2.25. The van der Waals surface area contributed by atoms with Crippen molar-refractivity contribution in [2.24, 2.45) is 0 Å². The van der Waals surface area contributed by atoms with Gasteiger partial charge in [-0.3, -0.25) is 9.32 Å². The highest BCUT2D eigenvalue weighted by Crippen LogP contribution is 2.44. The number of fused-ring (bicyclic) bond motifs is 1. The van der Waals surface area contributed by atoms with E-state index in [2.05, 4.69) is 9.82 Å². The first-order valence-corrected chi connectivity index (χ1v) is 11.9. The van der Waals surface area contributed by atoms with Crippen LogP contribution in [0.15, 0.2) is 63.8 Å². The Morgan fingerprint density at radius 3 is 2.61 bits per heavy atom. The normalized spacial score (nSPS) is 13.8. The summed E-state index contributed by atoms with van der Waals surface area (Å²) in [7, 11) is -0.914. The average Bonchev–Trinajstić information content (AvgIpc) is 2.78. The van der Waals surface area contributed by atoms with Crippen LogP contribution in [0.1, 0.15) is 12.5 Å². The van der Waals surface area contributed by atoms with E-state index in [1.165, 1.54) is 20.1 Å². The van der Waals surface area contributed by atoms with Gasteiger partial charge in [-0.15, -0.1) is 0 Å². The molecule has 1 N–H and O–H groups in total. The van der Waals surface area contributed by atoms with Gasteiger partial charge in [0, 0.05) is 25.0 Å². The molecule has 2 unspecified atom stereocenters. The van der Waals surface area contributed by atoms with Crippen LogP contribution in [0.4, 0.5) is 5.69 Å². The number of methoxy groups -OCH3 is 1. The first kappa shape index (κ1) is 24.5. The van der Waals surface area contributed by atoms with Crippen molar-refractivity contribution in [3.63, 3.8) is 0 Å². The van der Waals surface area contributed by atoms with Crippen molar-refractivity contribution in [3.8, 4) is 5.75 Å². The summed E-state index contributed by atoms with van der Waals surface area (Å²) in [6, 6.07) is 14.6. The summed E-state index contributed by atoms with van der Waals surface area (Å²) >= 11 is 0. The number of anilines is 1. The molecule has 1 heterocycles. The molecule has 0 saturated heterocycles. The fraction of sp³-hybridized carbons (Fsp3) is 0.304. The third kappa shape index (κ3) is 6.44. The summed E-state index contributed by atoms with van der Waals surface area (Å²) in [5, 5.41) is 3.37. The average molecular weight is 474 g/mol. The van der Waals surface area contributed by atoms with Crippen molar-refractivity contribution in [2.75, 3.05) is 32.2 Å². The molecule has 0 aliphatic carbocycles. The summed E-state index contributed by atoms with van der Waals surface area (Å²) in [4.78, 5) is 25.6. The molecule has 10 heteroatoms. The van der Waals surface area contributed by atoms with Crippen molar-refractivity contribution in [3.05, 3.63) is 70.6 Å². The number of carbonyl (C=O) groups is 1. The molecule has 3 aromatic rings. The van der Waals surface area contributed by atoms with Crippen LogP contribution in [-0.4, -0.2) is 39.3 Å². The molecule has 3 rings (SSSR count). The third-order valence-electron chi connectivity index (χ3n) is 4.85. The quantitative estimate of drug-likeness (QED) is 0.266. The lowest BCUT2D eigenvalue weighted by molar-refractivity contribution is -0.142. The van der Waals surface area contributed by atoms with E-state index < -0.39 is 25.4 Å². The monoisotopic (exact) mass is 474 g/mol. The highest BCUT2D eigenvalue weighted by molar-refractivity contribution is 7.52. The number of benzene rings is 2. The van der Waals surface area contributed by atoms with E-state index in [1.807, 2.05) is 19.1 Å². The number of nitrogens with zero attached hydrogens (tertiary/aromatic N) is 1. The zero-order valence-electron chi connectivity index (χ0n) is 18.9. The number of hydrogen-bond donors (Lipinski definition) is 1. The van der Waals surface area contributed by atoms with E-state index in [9.17, 15) is 14.2 Å².